The molecule has 0 saturated carbocycles. The molecule has 0 fully saturated rings. The average Bonchev–Trinajstić information content (AvgIpc) is 3.20. The third kappa shape index (κ3) is 4.60. The van der Waals surface area contributed by atoms with Crippen LogP contribution in [0.2, 0.25) is 0 Å². The van der Waals surface area contributed by atoms with Gasteiger partial charge in [0, 0.05) is 16.5 Å². The van der Waals surface area contributed by atoms with Gasteiger partial charge in [-0.15, -0.1) is 11.3 Å². The van der Waals surface area contributed by atoms with Crippen molar-refractivity contribution in [1.82, 2.24) is 10.4 Å². The van der Waals surface area contributed by atoms with Gasteiger partial charge < -0.3 is 9.47 Å². The molecule has 0 atom stereocenters. The van der Waals surface area contributed by atoms with Gasteiger partial charge in [-0.3, -0.25) is 4.79 Å². The minimum atomic E-state index is -0.295. The summed E-state index contributed by atoms with van der Waals surface area (Å²) in [5, 5.41) is 6.72. The highest BCUT2D eigenvalue weighted by Crippen LogP contribution is 2.31. The number of hydrazone groups is 1. The minimum Gasteiger partial charge on any atom is -0.486 e. The number of nitrogens with one attached hydrogen (secondary N) is 1. The van der Waals surface area contributed by atoms with Crippen LogP contribution in [-0.4, -0.2) is 29.8 Å². The Morgan fingerprint density at radius 2 is 1.93 bits per heavy atom. The van der Waals surface area contributed by atoms with Gasteiger partial charge in [0.2, 0.25) is 5.91 Å². The number of aromatic nitrogens is 1. The molecule has 29 heavy (non-hydrogen) atoms. The lowest BCUT2D eigenvalue weighted by Crippen LogP contribution is -2.21. The number of nitrogens with zero attached hydrogens (tertiary/aromatic N) is 2. The molecule has 0 radical (unpaired) electrons. The van der Waals surface area contributed by atoms with Crippen LogP contribution in [0.4, 0.5) is 4.39 Å². The number of halogens is 1. The molecule has 1 amide bonds. The standard InChI is InChI=1S/C21H18FN3O3S/c1-13(15-4-7-18-19(10-15)28-9-8-27-18)24-25-20(26)11-17-12-29-21(23-17)14-2-5-16(22)6-3-14/h2-7,10,12H,8-9,11H2,1H3,(H,25,26)/b24-13-. The van der Waals surface area contributed by atoms with Crippen molar-refractivity contribution in [3.05, 3.63) is 64.9 Å². The van der Waals surface area contributed by atoms with E-state index >= 15 is 0 Å². The number of carbonyl (C=O) groups is 1. The zero-order valence-electron chi connectivity index (χ0n) is 15.6. The fourth-order valence-corrected chi connectivity index (χ4v) is 3.62. The lowest BCUT2D eigenvalue weighted by molar-refractivity contribution is -0.120. The topological polar surface area (TPSA) is 72.8 Å². The maximum absolute atomic E-state index is 13.0. The molecule has 1 aliphatic rings. The molecule has 0 aliphatic carbocycles. The van der Waals surface area contributed by atoms with Gasteiger partial charge in [0.1, 0.15) is 24.0 Å². The van der Waals surface area contributed by atoms with Gasteiger partial charge in [-0.2, -0.15) is 5.10 Å². The van der Waals surface area contributed by atoms with Gasteiger partial charge in [-0.05, 0) is 49.4 Å². The molecule has 8 heteroatoms. The molecule has 0 bridgehead atoms. The number of rotatable bonds is 5. The first-order valence-electron chi connectivity index (χ1n) is 9.02. The Morgan fingerprint density at radius 1 is 1.17 bits per heavy atom. The van der Waals surface area contributed by atoms with Crippen molar-refractivity contribution < 1.29 is 18.7 Å². The van der Waals surface area contributed by atoms with Crippen LogP contribution in [0.25, 0.3) is 10.6 Å². The van der Waals surface area contributed by atoms with Crippen LogP contribution >= 0.6 is 11.3 Å². The normalized spacial score (nSPS) is 13.2. The minimum absolute atomic E-state index is 0.107. The molecule has 1 N–H and O–H groups in total. The number of hydrogen-bond donors (Lipinski definition) is 1. The van der Waals surface area contributed by atoms with Crippen molar-refractivity contribution in [3.63, 3.8) is 0 Å². The van der Waals surface area contributed by atoms with E-state index in [0.29, 0.717) is 36.1 Å². The maximum atomic E-state index is 13.0. The molecule has 2 aromatic carbocycles. The zero-order valence-corrected chi connectivity index (χ0v) is 16.5. The Morgan fingerprint density at radius 3 is 2.72 bits per heavy atom. The highest BCUT2D eigenvalue weighted by molar-refractivity contribution is 7.13. The summed E-state index contributed by atoms with van der Waals surface area (Å²) in [6, 6.07) is 11.6. The predicted octanol–water partition coefficient (Wildman–Crippen LogP) is 3.80. The fraction of sp³-hybridized carbons (Fsp3) is 0.190. The second kappa shape index (κ2) is 8.40. The third-order valence-corrected chi connectivity index (χ3v) is 5.23. The summed E-state index contributed by atoms with van der Waals surface area (Å²) in [5.74, 6) is 0.816. The quantitative estimate of drug-likeness (QED) is 0.512. The van der Waals surface area contributed by atoms with Gasteiger partial charge >= 0.3 is 0 Å². The Hall–Kier alpha value is -3.26. The molecule has 1 aliphatic heterocycles. The van der Waals surface area contributed by atoms with Gasteiger partial charge in [-0.25, -0.2) is 14.8 Å². The van der Waals surface area contributed by atoms with E-state index in [1.165, 1.54) is 23.5 Å². The number of amides is 1. The number of hydrogen-bond acceptors (Lipinski definition) is 6. The summed E-state index contributed by atoms with van der Waals surface area (Å²) in [4.78, 5) is 16.7. The van der Waals surface area contributed by atoms with E-state index in [2.05, 4.69) is 15.5 Å². The Kier molecular flexibility index (Phi) is 5.53. The highest BCUT2D eigenvalue weighted by Gasteiger charge is 2.13. The van der Waals surface area contributed by atoms with Crippen molar-refractivity contribution in [2.75, 3.05) is 13.2 Å². The summed E-state index contributed by atoms with van der Waals surface area (Å²) >= 11 is 1.41. The molecular formula is C21H18FN3O3S. The zero-order chi connectivity index (χ0) is 20.2. The number of thiazole rings is 1. The van der Waals surface area contributed by atoms with Gasteiger partial charge in [-0.1, -0.05) is 0 Å². The molecule has 0 spiro atoms. The fourth-order valence-electron chi connectivity index (χ4n) is 2.80. The summed E-state index contributed by atoms with van der Waals surface area (Å²) in [5.41, 5.74) is 5.50. The third-order valence-electron chi connectivity index (χ3n) is 4.29. The van der Waals surface area contributed by atoms with E-state index in [0.717, 1.165) is 16.1 Å². The SMILES string of the molecule is C/C(=N/NC(=O)Cc1csc(-c2ccc(F)cc2)n1)c1ccc2c(c1)OCCO2. The van der Waals surface area contributed by atoms with Crippen molar-refractivity contribution in [3.8, 4) is 22.1 Å². The lowest BCUT2D eigenvalue weighted by atomic mass is 10.1. The molecule has 2 heterocycles. The van der Waals surface area contributed by atoms with Crippen LogP contribution in [0, 0.1) is 5.82 Å². The second-order valence-corrected chi connectivity index (χ2v) is 7.28. The Balaban J connectivity index is 1.38. The summed E-state index contributed by atoms with van der Waals surface area (Å²) in [6.07, 6.45) is 0.107. The van der Waals surface area contributed by atoms with Crippen LogP contribution in [0.5, 0.6) is 11.5 Å². The first-order valence-corrected chi connectivity index (χ1v) is 9.90. The van der Waals surface area contributed by atoms with E-state index in [-0.39, 0.29) is 18.1 Å². The summed E-state index contributed by atoms with van der Waals surface area (Å²) in [6.45, 7) is 2.85. The molecule has 4 rings (SSSR count). The largest absolute Gasteiger partial charge is 0.486 e. The van der Waals surface area contributed by atoms with Crippen LogP contribution in [-0.2, 0) is 11.2 Å². The number of carbonyl (C=O) groups excluding carboxylic acids is 1. The number of fused-ring (bicyclic) bond motifs is 1. The van der Waals surface area contributed by atoms with E-state index < -0.39 is 0 Å². The van der Waals surface area contributed by atoms with E-state index in [1.54, 1.807) is 19.1 Å². The second-order valence-electron chi connectivity index (χ2n) is 6.42. The van der Waals surface area contributed by atoms with Crippen molar-refractivity contribution in [2.24, 2.45) is 5.10 Å². The smallest absolute Gasteiger partial charge is 0.246 e. The van der Waals surface area contributed by atoms with E-state index in [9.17, 15) is 9.18 Å². The predicted molar refractivity (Wildman–Crippen MR) is 109 cm³/mol. The van der Waals surface area contributed by atoms with Crippen LogP contribution in [0.1, 0.15) is 18.2 Å². The van der Waals surface area contributed by atoms with E-state index in [1.807, 2.05) is 23.6 Å². The van der Waals surface area contributed by atoms with Crippen molar-refractivity contribution >= 4 is 23.0 Å². The first-order chi connectivity index (χ1) is 14.1. The maximum Gasteiger partial charge on any atom is 0.246 e. The van der Waals surface area contributed by atoms with Crippen LogP contribution in [0.3, 0.4) is 0 Å². The molecular weight excluding hydrogens is 393 g/mol. The summed E-state index contributed by atoms with van der Waals surface area (Å²) in [7, 11) is 0. The van der Waals surface area contributed by atoms with Crippen LogP contribution < -0.4 is 14.9 Å². The van der Waals surface area contributed by atoms with Crippen LogP contribution in [0.15, 0.2) is 52.9 Å². The molecule has 1 aromatic heterocycles. The first kappa shape index (κ1) is 19.1. The lowest BCUT2D eigenvalue weighted by Gasteiger charge is -2.18. The molecule has 0 saturated heterocycles. The van der Waals surface area contributed by atoms with Gasteiger partial charge in [0.25, 0.3) is 0 Å². The molecule has 3 aromatic rings. The van der Waals surface area contributed by atoms with Gasteiger partial charge in [0.05, 0.1) is 17.8 Å². The van der Waals surface area contributed by atoms with Crippen molar-refractivity contribution in [2.45, 2.75) is 13.3 Å². The molecule has 6 nitrogen and oxygen atoms in total. The molecule has 0 unspecified atom stereocenters. The number of ether oxygens (including phenoxy) is 2. The van der Waals surface area contributed by atoms with E-state index in [4.69, 9.17) is 9.47 Å². The Labute approximate surface area is 171 Å². The van der Waals surface area contributed by atoms with Gasteiger partial charge in [0.15, 0.2) is 11.5 Å². The Bertz CT molecular complexity index is 1060. The summed E-state index contributed by atoms with van der Waals surface area (Å²) < 4.78 is 24.1. The molecule has 148 valence electrons. The average molecular weight is 411 g/mol. The number of benzene rings is 2. The monoisotopic (exact) mass is 411 g/mol. The van der Waals surface area contributed by atoms with Crippen molar-refractivity contribution in [1.29, 1.82) is 0 Å². The highest BCUT2D eigenvalue weighted by atomic mass is 32.1.